The Morgan fingerprint density at radius 2 is 2.00 bits per heavy atom. The average Bonchev–Trinajstić information content (AvgIpc) is 3.24. The Bertz CT molecular complexity index is 1220. The van der Waals surface area contributed by atoms with Crippen LogP contribution < -0.4 is 5.32 Å². The number of thioether (sulfide) groups is 1. The van der Waals surface area contributed by atoms with Crippen molar-refractivity contribution in [1.82, 2.24) is 9.88 Å². The van der Waals surface area contributed by atoms with Crippen LogP contribution in [0.1, 0.15) is 12.5 Å². The number of methoxy groups -OCH3 is 1. The van der Waals surface area contributed by atoms with Crippen LogP contribution in [0.3, 0.4) is 0 Å². The molecule has 1 N–H and O–H groups in total. The molecule has 1 aliphatic rings. The summed E-state index contributed by atoms with van der Waals surface area (Å²) in [6, 6.07) is 14.5. The molecule has 146 valence electrons. The first-order valence-corrected chi connectivity index (χ1v) is 9.83. The minimum Gasteiger partial charge on any atom is -0.466 e. The zero-order chi connectivity index (χ0) is 20.4. The van der Waals surface area contributed by atoms with Crippen LogP contribution in [-0.4, -0.2) is 34.9 Å². The Hall–Kier alpha value is -3.39. The van der Waals surface area contributed by atoms with E-state index in [0.717, 1.165) is 35.3 Å². The highest BCUT2D eigenvalue weighted by atomic mass is 32.2. The first-order chi connectivity index (χ1) is 14.1. The fraction of sp³-hybridized carbons (Fsp3) is 0.143. The maximum absolute atomic E-state index is 11.8. The summed E-state index contributed by atoms with van der Waals surface area (Å²) in [6.45, 7) is 3.03. The molecular weight excluding hydrogens is 388 g/mol. The standard InChI is InChI=1S/C21H18N4O3S/c1-3-25-16-7-5-4-6-14(16)15-10-13(8-9-17(15)25)12-22-24-21-23-20(27)18(29-21)11-19(26)28-2/h4-12H,3H2,1-2H3,(H,23,24,27)/b18-11+,22-12?. The number of ether oxygens (including phenoxy) is 1. The fourth-order valence-corrected chi connectivity index (χ4v) is 4.02. The normalized spacial score (nSPS) is 17.1. The van der Waals surface area contributed by atoms with Crippen molar-refractivity contribution in [3.05, 3.63) is 59.0 Å². The van der Waals surface area contributed by atoms with Gasteiger partial charge in [0.05, 0.1) is 18.2 Å². The Balaban J connectivity index is 1.60. The van der Waals surface area contributed by atoms with Gasteiger partial charge < -0.3 is 9.30 Å². The molecule has 1 saturated heterocycles. The van der Waals surface area contributed by atoms with Gasteiger partial charge in [0.1, 0.15) is 0 Å². The van der Waals surface area contributed by atoms with Crippen molar-refractivity contribution in [2.45, 2.75) is 13.5 Å². The third kappa shape index (κ3) is 3.66. The van der Waals surface area contributed by atoms with Crippen LogP contribution in [0.25, 0.3) is 21.8 Å². The number of hydrogen-bond acceptors (Lipinski definition) is 6. The Kier molecular flexibility index (Phi) is 5.18. The van der Waals surface area contributed by atoms with Crippen molar-refractivity contribution < 1.29 is 14.3 Å². The van der Waals surface area contributed by atoms with Crippen molar-refractivity contribution in [3.63, 3.8) is 0 Å². The van der Waals surface area contributed by atoms with E-state index in [-0.39, 0.29) is 4.91 Å². The molecule has 4 rings (SSSR count). The van der Waals surface area contributed by atoms with Crippen LogP contribution in [0.5, 0.6) is 0 Å². The number of benzene rings is 2. The molecule has 1 aliphatic heterocycles. The van der Waals surface area contributed by atoms with Crippen LogP contribution in [0.15, 0.2) is 63.6 Å². The third-order valence-corrected chi connectivity index (χ3v) is 5.47. The van der Waals surface area contributed by atoms with E-state index < -0.39 is 11.9 Å². The van der Waals surface area contributed by atoms with E-state index in [1.807, 2.05) is 18.2 Å². The molecule has 1 aromatic heterocycles. The second-order valence-corrected chi connectivity index (χ2v) is 7.31. The summed E-state index contributed by atoms with van der Waals surface area (Å²) in [4.78, 5) is 23.3. The topological polar surface area (TPSA) is 85.0 Å². The Labute approximate surface area is 171 Å². The van der Waals surface area contributed by atoms with Crippen LogP contribution in [-0.2, 0) is 20.9 Å². The highest BCUT2D eigenvalue weighted by Gasteiger charge is 2.25. The van der Waals surface area contributed by atoms with Gasteiger partial charge in [-0.3, -0.25) is 10.1 Å². The second kappa shape index (κ2) is 7.92. The molecule has 29 heavy (non-hydrogen) atoms. The summed E-state index contributed by atoms with van der Waals surface area (Å²) in [5, 5.41) is 13.3. The number of carbonyl (C=O) groups excluding carboxylic acids is 2. The monoisotopic (exact) mass is 406 g/mol. The predicted molar refractivity (Wildman–Crippen MR) is 116 cm³/mol. The first kappa shape index (κ1) is 18.9. The quantitative estimate of drug-likeness (QED) is 0.311. The van der Waals surface area contributed by atoms with E-state index in [9.17, 15) is 9.59 Å². The van der Waals surface area contributed by atoms with Crippen LogP contribution >= 0.6 is 11.8 Å². The molecular formula is C21H18N4O3S. The molecule has 1 amide bonds. The number of aromatic nitrogens is 1. The van der Waals surface area contributed by atoms with Crippen molar-refractivity contribution in [2.24, 2.45) is 10.2 Å². The summed E-state index contributed by atoms with van der Waals surface area (Å²) in [5.41, 5.74) is 3.28. The number of nitrogens with one attached hydrogen (secondary N) is 1. The molecule has 0 radical (unpaired) electrons. The van der Waals surface area contributed by atoms with E-state index in [2.05, 4.69) is 56.0 Å². The van der Waals surface area contributed by atoms with Gasteiger partial charge in [0, 0.05) is 34.4 Å². The van der Waals surface area contributed by atoms with Gasteiger partial charge >= 0.3 is 5.97 Å². The highest BCUT2D eigenvalue weighted by molar-refractivity contribution is 8.18. The number of para-hydroxylation sites is 1. The van der Waals surface area contributed by atoms with Gasteiger partial charge in [-0.2, -0.15) is 5.10 Å². The SMILES string of the molecule is CCn1c2ccccc2c2cc(C=N/N=C3/NC(=O)/C(=C\C(=O)OC)S3)ccc21. The fourth-order valence-electron chi connectivity index (χ4n) is 3.28. The molecule has 7 nitrogen and oxygen atoms in total. The van der Waals surface area contributed by atoms with E-state index >= 15 is 0 Å². The lowest BCUT2D eigenvalue weighted by atomic mass is 10.1. The minimum atomic E-state index is -0.591. The van der Waals surface area contributed by atoms with Gasteiger partial charge in [0.2, 0.25) is 0 Å². The average molecular weight is 406 g/mol. The molecule has 2 heterocycles. The number of amides is 1. The highest BCUT2D eigenvalue weighted by Crippen LogP contribution is 2.29. The van der Waals surface area contributed by atoms with Gasteiger partial charge in [0.25, 0.3) is 5.91 Å². The largest absolute Gasteiger partial charge is 0.466 e. The smallest absolute Gasteiger partial charge is 0.331 e. The number of rotatable bonds is 4. The maximum atomic E-state index is 11.8. The number of aryl methyl sites for hydroxylation is 1. The molecule has 0 bridgehead atoms. The van der Waals surface area contributed by atoms with E-state index in [1.54, 1.807) is 6.21 Å². The molecule has 0 unspecified atom stereocenters. The van der Waals surface area contributed by atoms with Crippen LogP contribution in [0.4, 0.5) is 0 Å². The second-order valence-electron chi connectivity index (χ2n) is 6.28. The summed E-state index contributed by atoms with van der Waals surface area (Å²) in [6.07, 6.45) is 2.77. The maximum Gasteiger partial charge on any atom is 0.331 e. The van der Waals surface area contributed by atoms with Crippen molar-refractivity contribution >= 4 is 56.8 Å². The van der Waals surface area contributed by atoms with Crippen molar-refractivity contribution in [3.8, 4) is 0 Å². The van der Waals surface area contributed by atoms with Gasteiger partial charge in [-0.25, -0.2) is 4.79 Å². The van der Waals surface area contributed by atoms with E-state index in [4.69, 9.17) is 0 Å². The zero-order valence-corrected chi connectivity index (χ0v) is 16.7. The molecule has 0 saturated carbocycles. The van der Waals surface area contributed by atoms with Gasteiger partial charge in [-0.1, -0.05) is 24.3 Å². The molecule has 2 aromatic carbocycles. The molecule has 1 fully saturated rings. The van der Waals surface area contributed by atoms with E-state index in [0.29, 0.717) is 5.17 Å². The third-order valence-electron chi connectivity index (χ3n) is 4.57. The zero-order valence-electron chi connectivity index (χ0n) is 15.9. The molecule has 3 aromatic rings. The minimum absolute atomic E-state index is 0.222. The van der Waals surface area contributed by atoms with Gasteiger partial charge in [-0.15, -0.1) is 5.10 Å². The van der Waals surface area contributed by atoms with Gasteiger partial charge in [-0.05, 0) is 42.4 Å². The van der Waals surface area contributed by atoms with E-state index in [1.165, 1.54) is 23.5 Å². The summed E-state index contributed by atoms with van der Waals surface area (Å²) < 4.78 is 6.81. The summed E-state index contributed by atoms with van der Waals surface area (Å²) in [7, 11) is 1.25. The first-order valence-electron chi connectivity index (χ1n) is 9.01. The van der Waals surface area contributed by atoms with Crippen LogP contribution in [0, 0.1) is 0 Å². The Morgan fingerprint density at radius 1 is 1.21 bits per heavy atom. The molecule has 0 spiro atoms. The lowest BCUT2D eigenvalue weighted by Gasteiger charge is -2.02. The van der Waals surface area contributed by atoms with Crippen molar-refractivity contribution in [1.29, 1.82) is 0 Å². The number of fused-ring (bicyclic) bond motifs is 3. The van der Waals surface area contributed by atoms with Gasteiger partial charge in [0.15, 0.2) is 5.17 Å². The lowest BCUT2D eigenvalue weighted by molar-refractivity contribution is -0.135. The molecule has 0 atom stereocenters. The number of nitrogens with zero attached hydrogens (tertiary/aromatic N) is 3. The molecule has 0 aliphatic carbocycles. The number of amidine groups is 1. The predicted octanol–water partition coefficient (Wildman–Crippen LogP) is 3.42. The molecule has 8 heteroatoms. The van der Waals surface area contributed by atoms with Crippen LogP contribution in [0.2, 0.25) is 0 Å². The Morgan fingerprint density at radius 3 is 2.79 bits per heavy atom. The summed E-state index contributed by atoms with van der Waals surface area (Å²) in [5.74, 6) is -0.991. The summed E-state index contributed by atoms with van der Waals surface area (Å²) >= 11 is 1.04. The number of hydrogen-bond donors (Lipinski definition) is 1. The van der Waals surface area contributed by atoms with Crippen molar-refractivity contribution in [2.75, 3.05) is 7.11 Å². The number of esters is 1. The number of carbonyl (C=O) groups is 2. The lowest BCUT2D eigenvalue weighted by Crippen LogP contribution is -2.19.